The molecule has 40 heavy (non-hydrogen) atoms. The number of aromatic nitrogens is 1. The largest absolute Gasteiger partial charge is 0.492 e. The number of rotatable bonds is 10. The van der Waals surface area contributed by atoms with Crippen molar-refractivity contribution in [3.63, 3.8) is 0 Å². The van der Waals surface area contributed by atoms with E-state index in [-0.39, 0.29) is 12.2 Å². The average Bonchev–Trinajstić information content (AvgIpc) is 3.21. The van der Waals surface area contributed by atoms with Crippen molar-refractivity contribution in [1.29, 1.82) is 0 Å². The van der Waals surface area contributed by atoms with E-state index >= 15 is 0 Å². The highest BCUT2D eigenvalue weighted by molar-refractivity contribution is 9.11. The quantitative estimate of drug-likeness (QED) is 0.260. The maximum atomic E-state index is 14.0. The molecule has 0 radical (unpaired) electrons. The third kappa shape index (κ3) is 6.06. The van der Waals surface area contributed by atoms with Crippen LogP contribution in [0.25, 0.3) is 6.08 Å². The molecule has 0 aliphatic carbocycles. The number of allylic oxidation sites excluding steroid dienone is 1. The highest BCUT2D eigenvalue weighted by atomic mass is 79.9. The highest BCUT2D eigenvalue weighted by Gasteiger charge is 2.34. The summed E-state index contributed by atoms with van der Waals surface area (Å²) in [7, 11) is 0. The maximum Gasteiger partial charge on any atom is 0.338 e. The summed E-state index contributed by atoms with van der Waals surface area (Å²) in [4.78, 5) is 32.3. The smallest absolute Gasteiger partial charge is 0.338 e. The lowest BCUT2D eigenvalue weighted by molar-refractivity contribution is -0.139. The highest BCUT2D eigenvalue weighted by Crippen LogP contribution is 2.37. The molecule has 3 aromatic rings. The molecule has 8 nitrogen and oxygen atoms in total. The zero-order valence-corrected chi connectivity index (χ0v) is 26.9. The van der Waals surface area contributed by atoms with Crippen molar-refractivity contribution < 1.29 is 23.7 Å². The van der Waals surface area contributed by atoms with Gasteiger partial charge >= 0.3 is 5.97 Å². The van der Waals surface area contributed by atoms with Gasteiger partial charge in [0.2, 0.25) is 0 Å². The monoisotopic (exact) mass is 692 g/mol. The molecule has 0 saturated carbocycles. The molecule has 1 aromatic heterocycles. The lowest BCUT2D eigenvalue weighted by Crippen LogP contribution is -2.40. The van der Waals surface area contributed by atoms with Gasteiger partial charge in [-0.2, -0.15) is 0 Å². The fourth-order valence-electron chi connectivity index (χ4n) is 4.44. The van der Waals surface area contributed by atoms with Crippen LogP contribution >= 0.6 is 43.2 Å². The van der Waals surface area contributed by atoms with E-state index in [1.54, 1.807) is 30.6 Å². The Morgan fingerprint density at radius 3 is 2.25 bits per heavy atom. The lowest BCUT2D eigenvalue weighted by Gasteiger charge is -2.25. The molecule has 1 aliphatic heterocycles. The van der Waals surface area contributed by atoms with Crippen LogP contribution < -0.4 is 29.1 Å². The number of halogens is 2. The zero-order valence-electron chi connectivity index (χ0n) is 22.9. The first kappa shape index (κ1) is 30.1. The Kier molecular flexibility index (Phi) is 9.91. The van der Waals surface area contributed by atoms with Crippen LogP contribution in [0.4, 0.5) is 0 Å². The summed E-state index contributed by atoms with van der Waals surface area (Å²) in [5.41, 5.74) is 2.01. The summed E-state index contributed by atoms with van der Waals surface area (Å²) in [5, 5.41) is 0. The van der Waals surface area contributed by atoms with Gasteiger partial charge in [-0.05, 0) is 108 Å². The van der Waals surface area contributed by atoms with E-state index in [4.69, 9.17) is 18.9 Å². The topological polar surface area (TPSA) is 88.4 Å². The molecule has 4 rings (SSSR count). The summed E-state index contributed by atoms with van der Waals surface area (Å²) in [5.74, 6) is 1.29. The van der Waals surface area contributed by atoms with Gasteiger partial charge in [0, 0.05) is 0 Å². The Bertz CT molecular complexity index is 1620. The number of nitrogens with zero attached hydrogens (tertiary/aromatic N) is 2. The van der Waals surface area contributed by atoms with Gasteiger partial charge in [0.25, 0.3) is 5.56 Å². The van der Waals surface area contributed by atoms with Gasteiger partial charge in [0.05, 0.1) is 57.2 Å². The van der Waals surface area contributed by atoms with Crippen molar-refractivity contribution in [3.05, 3.63) is 81.4 Å². The van der Waals surface area contributed by atoms with Gasteiger partial charge < -0.3 is 18.9 Å². The van der Waals surface area contributed by atoms with Crippen molar-refractivity contribution in [2.75, 3.05) is 26.4 Å². The van der Waals surface area contributed by atoms with Crippen LogP contribution in [0.3, 0.4) is 0 Å². The van der Waals surface area contributed by atoms with Crippen LogP contribution in [-0.4, -0.2) is 37.0 Å². The number of hydrogen-bond acceptors (Lipinski definition) is 8. The fourth-order valence-corrected chi connectivity index (χ4v) is 6.94. The molecule has 0 amide bonds. The summed E-state index contributed by atoms with van der Waals surface area (Å²) in [6, 6.07) is 8.48. The second-order valence-electron chi connectivity index (χ2n) is 8.62. The number of fused-ring (bicyclic) bond motifs is 1. The van der Waals surface area contributed by atoms with Crippen LogP contribution in [0.1, 0.15) is 51.8 Å². The van der Waals surface area contributed by atoms with Crippen molar-refractivity contribution in [2.24, 2.45) is 4.99 Å². The first-order chi connectivity index (χ1) is 19.2. The molecule has 0 saturated heterocycles. The van der Waals surface area contributed by atoms with Crippen molar-refractivity contribution in [3.8, 4) is 17.2 Å². The van der Waals surface area contributed by atoms with Crippen molar-refractivity contribution in [2.45, 2.75) is 40.7 Å². The molecule has 2 heterocycles. The van der Waals surface area contributed by atoms with Crippen LogP contribution in [0.5, 0.6) is 17.2 Å². The van der Waals surface area contributed by atoms with E-state index < -0.39 is 12.0 Å². The molecule has 212 valence electrons. The molecule has 0 bridgehead atoms. The summed E-state index contributed by atoms with van der Waals surface area (Å²) < 4.78 is 26.2. The second-order valence-corrected chi connectivity index (χ2v) is 11.3. The molecule has 11 heteroatoms. The van der Waals surface area contributed by atoms with E-state index in [0.717, 1.165) is 14.5 Å². The number of thiazole rings is 1. The van der Waals surface area contributed by atoms with E-state index in [9.17, 15) is 9.59 Å². The molecular formula is C29H30Br2N2O6S. The molecule has 1 atom stereocenters. The number of ether oxygens (including phenoxy) is 4. The first-order valence-corrected chi connectivity index (χ1v) is 15.3. The predicted molar refractivity (Wildman–Crippen MR) is 162 cm³/mol. The minimum absolute atomic E-state index is 0.196. The Morgan fingerprint density at radius 1 is 0.975 bits per heavy atom. The van der Waals surface area contributed by atoms with E-state index in [1.807, 2.05) is 45.0 Å². The fraction of sp³-hybridized carbons (Fsp3) is 0.345. The minimum Gasteiger partial charge on any atom is -0.492 e. The van der Waals surface area contributed by atoms with Crippen molar-refractivity contribution in [1.82, 2.24) is 4.57 Å². The van der Waals surface area contributed by atoms with Gasteiger partial charge in [0.1, 0.15) is 5.75 Å². The van der Waals surface area contributed by atoms with E-state index in [2.05, 4.69) is 36.9 Å². The van der Waals surface area contributed by atoms with Crippen LogP contribution in [0, 0.1) is 0 Å². The molecule has 0 N–H and O–H groups in total. The van der Waals surface area contributed by atoms with Gasteiger partial charge in [0.15, 0.2) is 16.3 Å². The van der Waals surface area contributed by atoms with Crippen molar-refractivity contribution >= 4 is 55.2 Å². The number of hydrogen-bond donors (Lipinski definition) is 0. The average molecular weight is 694 g/mol. The Balaban J connectivity index is 1.93. The number of esters is 1. The number of benzene rings is 2. The number of carbonyl (C=O) groups is 1. The molecule has 0 spiro atoms. The lowest BCUT2D eigenvalue weighted by atomic mass is 9.95. The van der Waals surface area contributed by atoms with Crippen LogP contribution in [0.2, 0.25) is 0 Å². The molecule has 1 aliphatic rings. The molecular weight excluding hydrogens is 664 g/mol. The Labute approximate surface area is 253 Å². The van der Waals surface area contributed by atoms with Gasteiger partial charge in [-0.1, -0.05) is 17.4 Å². The maximum absolute atomic E-state index is 14.0. The van der Waals surface area contributed by atoms with E-state index in [1.165, 1.54) is 11.3 Å². The predicted octanol–water partition coefficient (Wildman–Crippen LogP) is 5.52. The molecule has 2 aromatic carbocycles. The van der Waals surface area contributed by atoms with Gasteiger partial charge in [-0.15, -0.1) is 0 Å². The first-order valence-electron chi connectivity index (χ1n) is 12.9. The third-order valence-electron chi connectivity index (χ3n) is 6.01. The number of carbonyl (C=O) groups excluding carboxylic acids is 1. The second kappa shape index (κ2) is 13.2. The summed E-state index contributed by atoms with van der Waals surface area (Å²) in [6.07, 6.45) is 1.80. The standard InChI is InChI=1S/C29H30Br2N2O6S/c1-6-36-21-11-10-18(15-22(21)37-7-2)25-24(28(35)39-9-4)16(5)32-29-33(25)27(34)23(40-29)14-17-12-19(30)26(38-8-3)20(31)13-17/h10-15,25H,6-9H2,1-5H3/b23-14-/t25-/m0/s1. The van der Waals surface area contributed by atoms with E-state index in [0.29, 0.717) is 63.2 Å². The Morgan fingerprint density at radius 2 is 1.62 bits per heavy atom. The van der Waals surface area contributed by atoms with Crippen LogP contribution in [-0.2, 0) is 9.53 Å². The zero-order chi connectivity index (χ0) is 29.0. The molecule has 0 unspecified atom stereocenters. The Hall–Kier alpha value is -2.89. The summed E-state index contributed by atoms with van der Waals surface area (Å²) >= 11 is 8.38. The SMILES string of the molecule is CCOC(=O)C1=C(C)N=c2s/c(=C\c3cc(Br)c(OCC)c(Br)c3)c(=O)n2[C@H]1c1ccc(OCC)c(OCC)c1. The minimum atomic E-state index is -0.758. The molecule has 0 fully saturated rings. The summed E-state index contributed by atoms with van der Waals surface area (Å²) in [6.45, 7) is 10.8. The van der Waals surface area contributed by atoms with Crippen LogP contribution in [0.15, 0.2) is 60.3 Å². The van der Waals surface area contributed by atoms with Gasteiger partial charge in [-0.25, -0.2) is 9.79 Å². The van der Waals surface area contributed by atoms with Gasteiger partial charge in [-0.3, -0.25) is 9.36 Å². The normalized spacial score (nSPS) is 15.0. The third-order valence-corrected chi connectivity index (χ3v) is 8.17.